The van der Waals surface area contributed by atoms with Crippen molar-refractivity contribution in [2.45, 2.75) is 13.0 Å². The van der Waals surface area contributed by atoms with Gasteiger partial charge in [0, 0.05) is 17.4 Å². The van der Waals surface area contributed by atoms with E-state index in [2.05, 4.69) is 26.8 Å². The van der Waals surface area contributed by atoms with Crippen molar-refractivity contribution in [3.63, 3.8) is 0 Å². The fourth-order valence-corrected chi connectivity index (χ4v) is 3.20. The van der Waals surface area contributed by atoms with Crippen molar-refractivity contribution in [3.8, 4) is 5.75 Å². The molecule has 1 unspecified atom stereocenters. The molecule has 1 aliphatic heterocycles. The van der Waals surface area contributed by atoms with Crippen LogP contribution in [0.5, 0.6) is 5.75 Å². The van der Waals surface area contributed by atoms with E-state index in [0.717, 1.165) is 0 Å². The van der Waals surface area contributed by atoms with Gasteiger partial charge in [-0.1, -0.05) is 15.9 Å². The maximum Gasteiger partial charge on any atom is 0.273 e. The fraction of sp³-hybridized carbons (Fsp3) is 0.278. The largest absolute Gasteiger partial charge is 0.496 e. The highest BCUT2D eigenvalue weighted by atomic mass is 79.9. The summed E-state index contributed by atoms with van der Waals surface area (Å²) >= 11 is 3.29. The summed E-state index contributed by atoms with van der Waals surface area (Å²) in [5, 5.41) is 0. The Labute approximate surface area is 163 Å². The third-order valence-electron chi connectivity index (χ3n) is 4.22. The van der Waals surface area contributed by atoms with E-state index in [4.69, 9.17) is 9.15 Å². The van der Waals surface area contributed by atoms with E-state index in [-0.39, 0.29) is 24.4 Å². The highest BCUT2D eigenvalue weighted by Gasteiger charge is 2.34. The molecule has 2 heterocycles. The average molecular weight is 436 g/mol. The topological polar surface area (TPSA) is 101 Å². The van der Waals surface area contributed by atoms with Gasteiger partial charge in [0.2, 0.25) is 11.8 Å². The van der Waals surface area contributed by atoms with Gasteiger partial charge in [-0.2, -0.15) is 0 Å². The number of hydrogen-bond acceptors (Lipinski definition) is 5. The van der Waals surface area contributed by atoms with Crippen molar-refractivity contribution in [3.05, 3.63) is 52.4 Å². The van der Waals surface area contributed by atoms with E-state index in [1.165, 1.54) is 13.4 Å². The highest BCUT2D eigenvalue weighted by Crippen LogP contribution is 2.23. The second-order valence-corrected chi connectivity index (χ2v) is 6.96. The number of likely N-dealkylation sites (tertiary alicyclic amines) is 1. The number of hydrazine groups is 1. The van der Waals surface area contributed by atoms with Gasteiger partial charge in [-0.15, -0.1) is 0 Å². The van der Waals surface area contributed by atoms with Gasteiger partial charge in [-0.05, 0) is 30.3 Å². The van der Waals surface area contributed by atoms with Crippen LogP contribution in [0.4, 0.5) is 0 Å². The van der Waals surface area contributed by atoms with Gasteiger partial charge < -0.3 is 14.1 Å². The van der Waals surface area contributed by atoms with Crippen LogP contribution in [0.3, 0.4) is 0 Å². The molecule has 3 amide bonds. The van der Waals surface area contributed by atoms with Gasteiger partial charge in [0.1, 0.15) is 11.5 Å². The van der Waals surface area contributed by atoms with E-state index in [9.17, 15) is 14.4 Å². The summed E-state index contributed by atoms with van der Waals surface area (Å²) in [7, 11) is 1.45. The zero-order valence-electron chi connectivity index (χ0n) is 14.5. The Morgan fingerprint density at radius 3 is 2.85 bits per heavy atom. The molecule has 0 spiro atoms. The Balaban J connectivity index is 1.56. The first-order valence-corrected chi connectivity index (χ1v) is 9.01. The number of benzene rings is 1. The summed E-state index contributed by atoms with van der Waals surface area (Å²) < 4.78 is 11.1. The lowest BCUT2D eigenvalue weighted by molar-refractivity contribution is -0.129. The van der Waals surface area contributed by atoms with Crippen molar-refractivity contribution >= 4 is 33.7 Å². The number of amides is 3. The van der Waals surface area contributed by atoms with Gasteiger partial charge in [0.25, 0.3) is 5.91 Å². The second-order valence-electron chi connectivity index (χ2n) is 6.04. The molecule has 1 atom stereocenters. The number of carbonyl (C=O) groups is 3. The smallest absolute Gasteiger partial charge is 0.273 e. The van der Waals surface area contributed by atoms with Crippen molar-refractivity contribution in [1.82, 2.24) is 15.8 Å². The molecule has 2 aromatic rings. The molecule has 0 bridgehead atoms. The molecular formula is C18H18BrN3O5. The third-order valence-corrected chi connectivity index (χ3v) is 4.71. The van der Waals surface area contributed by atoms with Crippen LogP contribution >= 0.6 is 15.9 Å². The molecule has 0 saturated carbocycles. The number of hydrogen-bond donors (Lipinski definition) is 2. The van der Waals surface area contributed by atoms with Crippen LogP contribution in [0.1, 0.15) is 22.5 Å². The zero-order valence-corrected chi connectivity index (χ0v) is 16.1. The SMILES string of the molecule is COc1ccc(Br)cc1C(=O)NNC(=O)C1CC(=O)N(Cc2ccco2)C1. The minimum Gasteiger partial charge on any atom is -0.496 e. The summed E-state index contributed by atoms with van der Waals surface area (Å²) in [5.74, 6) is -0.584. The first kappa shape index (κ1) is 19.0. The summed E-state index contributed by atoms with van der Waals surface area (Å²) in [6.07, 6.45) is 1.62. The van der Waals surface area contributed by atoms with Crippen LogP contribution in [0.25, 0.3) is 0 Å². The van der Waals surface area contributed by atoms with E-state index in [1.807, 2.05) is 0 Å². The van der Waals surface area contributed by atoms with Crippen LogP contribution in [-0.4, -0.2) is 36.3 Å². The predicted molar refractivity (Wildman–Crippen MR) is 98.5 cm³/mol. The highest BCUT2D eigenvalue weighted by molar-refractivity contribution is 9.10. The summed E-state index contributed by atoms with van der Waals surface area (Å²) in [6.45, 7) is 0.582. The lowest BCUT2D eigenvalue weighted by atomic mass is 10.1. The fourth-order valence-electron chi connectivity index (χ4n) is 2.84. The van der Waals surface area contributed by atoms with Crippen molar-refractivity contribution < 1.29 is 23.5 Å². The van der Waals surface area contributed by atoms with Crippen molar-refractivity contribution in [1.29, 1.82) is 0 Å². The molecule has 0 aliphatic carbocycles. The van der Waals surface area contributed by atoms with Crippen LogP contribution in [0.15, 0.2) is 45.5 Å². The maximum absolute atomic E-state index is 12.3. The van der Waals surface area contributed by atoms with Crippen molar-refractivity contribution in [2.75, 3.05) is 13.7 Å². The van der Waals surface area contributed by atoms with Gasteiger partial charge in [-0.25, -0.2) is 0 Å². The van der Waals surface area contributed by atoms with Gasteiger partial charge in [0.05, 0.1) is 31.4 Å². The average Bonchev–Trinajstić information content (AvgIpc) is 3.30. The normalized spacial score (nSPS) is 16.3. The molecule has 1 aromatic heterocycles. The van der Waals surface area contributed by atoms with Crippen LogP contribution < -0.4 is 15.6 Å². The van der Waals surface area contributed by atoms with Crippen LogP contribution in [0.2, 0.25) is 0 Å². The Bertz CT molecular complexity index is 853. The monoisotopic (exact) mass is 435 g/mol. The number of halogens is 1. The molecule has 1 saturated heterocycles. The molecule has 2 N–H and O–H groups in total. The molecule has 142 valence electrons. The Morgan fingerprint density at radius 1 is 1.33 bits per heavy atom. The van der Waals surface area contributed by atoms with Crippen LogP contribution in [-0.2, 0) is 16.1 Å². The lowest BCUT2D eigenvalue weighted by Crippen LogP contribution is -2.45. The Morgan fingerprint density at radius 2 is 2.15 bits per heavy atom. The summed E-state index contributed by atoms with van der Waals surface area (Å²) in [5.41, 5.74) is 5.02. The number of carbonyl (C=O) groups excluding carboxylic acids is 3. The predicted octanol–water partition coefficient (Wildman–Crippen LogP) is 1.86. The molecule has 3 rings (SSSR count). The minimum absolute atomic E-state index is 0.0859. The van der Waals surface area contributed by atoms with E-state index >= 15 is 0 Å². The Kier molecular flexibility index (Phi) is 5.80. The molecular weight excluding hydrogens is 418 g/mol. The maximum atomic E-state index is 12.3. The first-order valence-electron chi connectivity index (χ1n) is 8.22. The molecule has 27 heavy (non-hydrogen) atoms. The van der Waals surface area contributed by atoms with Gasteiger partial charge >= 0.3 is 0 Å². The standard InChI is InChI=1S/C18H18BrN3O5/c1-26-15-5-4-12(19)8-14(15)18(25)21-20-17(24)11-7-16(23)22(9-11)10-13-3-2-6-27-13/h2-6,8,11H,7,9-10H2,1H3,(H,20,24)(H,21,25). The number of ether oxygens (including phenoxy) is 1. The van der Waals surface area contributed by atoms with E-state index < -0.39 is 17.7 Å². The number of furan rings is 1. The summed E-state index contributed by atoms with van der Waals surface area (Å²) in [6, 6.07) is 8.48. The molecule has 0 radical (unpaired) electrons. The quantitative estimate of drug-likeness (QED) is 0.697. The van der Waals surface area contributed by atoms with E-state index in [0.29, 0.717) is 22.5 Å². The lowest BCUT2D eigenvalue weighted by Gasteiger charge is -2.15. The van der Waals surface area contributed by atoms with Crippen LogP contribution in [0, 0.1) is 5.92 Å². The molecule has 1 fully saturated rings. The van der Waals surface area contributed by atoms with Crippen molar-refractivity contribution in [2.24, 2.45) is 5.92 Å². The number of nitrogens with zero attached hydrogens (tertiary/aromatic N) is 1. The second kappa shape index (κ2) is 8.26. The first-order chi connectivity index (χ1) is 13.0. The summed E-state index contributed by atoms with van der Waals surface area (Å²) in [4.78, 5) is 38.3. The van der Waals surface area contributed by atoms with E-state index in [1.54, 1.807) is 35.2 Å². The minimum atomic E-state index is -0.544. The molecule has 8 nitrogen and oxygen atoms in total. The number of nitrogens with one attached hydrogen (secondary N) is 2. The van der Waals surface area contributed by atoms with Gasteiger partial charge in [0.15, 0.2) is 0 Å². The molecule has 1 aliphatic rings. The molecule has 9 heteroatoms. The number of rotatable bonds is 5. The molecule has 1 aromatic carbocycles. The number of methoxy groups -OCH3 is 1. The zero-order chi connectivity index (χ0) is 19.4. The third kappa shape index (κ3) is 4.48. The Hall–Kier alpha value is -2.81. The van der Waals surface area contributed by atoms with Gasteiger partial charge in [-0.3, -0.25) is 25.2 Å².